The summed E-state index contributed by atoms with van der Waals surface area (Å²) in [7, 11) is 4.06. The van der Waals surface area contributed by atoms with Gasteiger partial charge in [-0.1, -0.05) is 57.7 Å². The van der Waals surface area contributed by atoms with Crippen molar-refractivity contribution in [2.45, 2.75) is 71.0 Å². The molecule has 2 N–H and O–H groups in total. The number of aliphatic hydroxyl groups excluding tert-OH is 1. The molecular formula is C35H42N2O3. The number of ether oxygens (including phenoxy) is 1. The van der Waals surface area contributed by atoms with Gasteiger partial charge in [0.2, 0.25) is 0 Å². The van der Waals surface area contributed by atoms with Gasteiger partial charge in [0.15, 0.2) is 0 Å². The summed E-state index contributed by atoms with van der Waals surface area (Å²) in [4.78, 5) is 14.1. The second-order valence-corrected chi connectivity index (χ2v) is 12.2. The Bertz CT molecular complexity index is 1410. The fraction of sp³-hybridized carbons (Fsp3) is 0.400. The highest BCUT2D eigenvalue weighted by Gasteiger charge is 2.40. The number of nitrogens with zero attached hydrogens (tertiary/aromatic N) is 1. The monoisotopic (exact) mass is 538 g/mol. The molecule has 5 heteroatoms. The lowest BCUT2D eigenvalue weighted by Crippen LogP contribution is -2.34. The van der Waals surface area contributed by atoms with Crippen molar-refractivity contribution in [1.82, 2.24) is 5.32 Å². The largest absolute Gasteiger partial charge is 0.489 e. The van der Waals surface area contributed by atoms with E-state index in [-0.39, 0.29) is 16.7 Å². The van der Waals surface area contributed by atoms with Gasteiger partial charge in [0.25, 0.3) is 5.91 Å². The number of benzene rings is 3. The van der Waals surface area contributed by atoms with Crippen LogP contribution in [0.4, 0.5) is 5.69 Å². The van der Waals surface area contributed by atoms with Gasteiger partial charge in [0.1, 0.15) is 18.5 Å². The Morgan fingerprint density at radius 2 is 1.65 bits per heavy atom. The zero-order chi connectivity index (χ0) is 29.1. The van der Waals surface area contributed by atoms with E-state index in [9.17, 15) is 9.90 Å². The van der Waals surface area contributed by atoms with E-state index >= 15 is 0 Å². The van der Waals surface area contributed by atoms with Gasteiger partial charge < -0.3 is 20.1 Å². The smallest absolute Gasteiger partial charge is 0.251 e. The molecule has 1 aliphatic carbocycles. The zero-order valence-electron chi connectivity index (χ0n) is 24.9. The van der Waals surface area contributed by atoms with Crippen molar-refractivity contribution in [2.24, 2.45) is 0 Å². The van der Waals surface area contributed by atoms with Crippen LogP contribution in [0, 0.1) is 11.8 Å². The summed E-state index contributed by atoms with van der Waals surface area (Å²) >= 11 is 0. The standard InChI is InChI=1S/C35H42N2O3/c1-8-36-33(39)26-14-9-24(10-15-26)13-18-30(38)27-21-29-32(35(4,5)20-19-34(29,2)3)31(22-27)40-23-25-11-16-28(17-12-25)37(6)7/h9-12,14-17,21-22,30,38H,8,19-20,23H2,1-7H3,(H,36,39). The molecule has 3 aromatic rings. The zero-order valence-corrected chi connectivity index (χ0v) is 24.9. The minimum Gasteiger partial charge on any atom is -0.489 e. The quantitative estimate of drug-likeness (QED) is 0.337. The van der Waals surface area contributed by atoms with Gasteiger partial charge in [0.05, 0.1) is 0 Å². The van der Waals surface area contributed by atoms with Crippen LogP contribution in [0.2, 0.25) is 0 Å². The Hall–Kier alpha value is -3.75. The van der Waals surface area contributed by atoms with E-state index in [0.717, 1.165) is 41.0 Å². The lowest BCUT2D eigenvalue weighted by Gasteiger charge is -2.43. The van der Waals surface area contributed by atoms with Crippen molar-refractivity contribution in [3.05, 3.63) is 94.0 Å². The SMILES string of the molecule is CCNC(=O)c1ccc(C#CC(O)c2cc(OCc3ccc(N(C)C)cc3)c3c(c2)C(C)(C)CCC3(C)C)cc1. The van der Waals surface area contributed by atoms with E-state index in [2.05, 4.69) is 80.1 Å². The van der Waals surface area contributed by atoms with Crippen molar-refractivity contribution in [3.63, 3.8) is 0 Å². The highest BCUT2D eigenvalue weighted by Crippen LogP contribution is 2.50. The minimum absolute atomic E-state index is 0.0457. The first-order valence-electron chi connectivity index (χ1n) is 14.1. The third kappa shape index (κ3) is 6.51. The first kappa shape index (κ1) is 29.2. The Morgan fingerprint density at radius 3 is 2.27 bits per heavy atom. The molecule has 1 aliphatic rings. The van der Waals surface area contributed by atoms with Gasteiger partial charge in [0, 0.05) is 43.0 Å². The molecule has 0 heterocycles. The predicted octanol–water partition coefficient (Wildman–Crippen LogP) is 6.52. The average molecular weight is 539 g/mol. The van der Waals surface area contributed by atoms with Crippen molar-refractivity contribution in [3.8, 4) is 17.6 Å². The predicted molar refractivity (Wildman–Crippen MR) is 163 cm³/mol. The minimum atomic E-state index is -0.976. The maximum atomic E-state index is 12.0. The van der Waals surface area contributed by atoms with Gasteiger partial charge in [-0.15, -0.1) is 0 Å². The first-order chi connectivity index (χ1) is 18.9. The van der Waals surface area contributed by atoms with Crippen molar-refractivity contribution < 1.29 is 14.6 Å². The van der Waals surface area contributed by atoms with Crippen LogP contribution in [0.1, 0.15) is 91.7 Å². The molecule has 0 aromatic heterocycles. The normalized spacial score (nSPS) is 15.7. The van der Waals surface area contributed by atoms with Crippen LogP contribution in [0.25, 0.3) is 0 Å². The number of amides is 1. The molecule has 0 saturated carbocycles. The molecule has 0 spiro atoms. The number of carbonyl (C=O) groups is 1. The van der Waals surface area contributed by atoms with Gasteiger partial charge in [-0.3, -0.25) is 4.79 Å². The summed E-state index contributed by atoms with van der Waals surface area (Å²) in [5.74, 6) is 6.79. The third-order valence-corrected chi connectivity index (χ3v) is 7.91. The van der Waals surface area contributed by atoms with Crippen LogP contribution in [0.3, 0.4) is 0 Å². The Balaban J connectivity index is 1.65. The molecule has 0 radical (unpaired) electrons. The molecule has 210 valence electrons. The number of hydrogen-bond donors (Lipinski definition) is 2. The number of carbonyl (C=O) groups excluding carboxylic acids is 1. The number of hydrogen-bond acceptors (Lipinski definition) is 4. The lowest BCUT2D eigenvalue weighted by atomic mass is 9.62. The van der Waals surface area contributed by atoms with E-state index in [1.807, 2.05) is 27.1 Å². The maximum absolute atomic E-state index is 12.0. The summed E-state index contributed by atoms with van der Waals surface area (Å²) in [6.07, 6.45) is 1.15. The van der Waals surface area contributed by atoms with Gasteiger partial charge >= 0.3 is 0 Å². The molecular weight excluding hydrogens is 496 g/mol. The molecule has 0 bridgehead atoms. The van der Waals surface area contributed by atoms with Crippen LogP contribution in [0.5, 0.6) is 5.75 Å². The van der Waals surface area contributed by atoms with E-state index in [0.29, 0.717) is 18.7 Å². The number of anilines is 1. The Labute approximate surface area is 239 Å². The van der Waals surface area contributed by atoms with Crippen LogP contribution >= 0.6 is 0 Å². The lowest BCUT2D eigenvalue weighted by molar-refractivity contribution is 0.0956. The Morgan fingerprint density at radius 1 is 1.00 bits per heavy atom. The van der Waals surface area contributed by atoms with Crippen LogP contribution < -0.4 is 15.0 Å². The van der Waals surface area contributed by atoms with Crippen molar-refractivity contribution in [1.29, 1.82) is 0 Å². The molecule has 0 fully saturated rings. The van der Waals surface area contributed by atoms with E-state index in [1.54, 1.807) is 24.3 Å². The van der Waals surface area contributed by atoms with E-state index < -0.39 is 6.10 Å². The summed E-state index contributed by atoms with van der Waals surface area (Å²) in [6, 6.07) is 19.6. The van der Waals surface area contributed by atoms with Crippen LogP contribution in [0.15, 0.2) is 60.7 Å². The molecule has 0 aliphatic heterocycles. The summed E-state index contributed by atoms with van der Waals surface area (Å²) < 4.78 is 6.52. The highest BCUT2D eigenvalue weighted by molar-refractivity contribution is 5.94. The fourth-order valence-corrected chi connectivity index (χ4v) is 5.28. The molecule has 40 heavy (non-hydrogen) atoms. The second kappa shape index (κ2) is 11.8. The summed E-state index contributed by atoms with van der Waals surface area (Å²) in [5, 5.41) is 14.0. The van der Waals surface area contributed by atoms with E-state index in [1.165, 1.54) is 11.1 Å². The van der Waals surface area contributed by atoms with Gasteiger partial charge in [-0.25, -0.2) is 0 Å². The van der Waals surface area contributed by atoms with Crippen molar-refractivity contribution in [2.75, 3.05) is 25.5 Å². The van der Waals surface area contributed by atoms with Crippen LogP contribution in [-0.4, -0.2) is 31.7 Å². The second-order valence-electron chi connectivity index (χ2n) is 12.2. The highest BCUT2D eigenvalue weighted by atomic mass is 16.5. The molecule has 1 atom stereocenters. The summed E-state index contributed by atoms with van der Waals surface area (Å²) in [5.41, 5.74) is 6.64. The molecule has 5 nitrogen and oxygen atoms in total. The molecule has 0 saturated heterocycles. The fourth-order valence-electron chi connectivity index (χ4n) is 5.28. The van der Waals surface area contributed by atoms with E-state index in [4.69, 9.17) is 4.74 Å². The van der Waals surface area contributed by atoms with Gasteiger partial charge in [-0.2, -0.15) is 0 Å². The molecule has 1 amide bonds. The Kier molecular flexibility index (Phi) is 8.61. The maximum Gasteiger partial charge on any atom is 0.251 e. The van der Waals surface area contributed by atoms with Gasteiger partial charge in [-0.05, 0) is 89.8 Å². The molecule has 1 unspecified atom stereocenters. The number of fused-ring (bicyclic) bond motifs is 1. The average Bonchev–Trinajstić information content (AvgIpc) is 2.93. The topological polar surface area (TPSA) is 61.8 Å². The van der Waals surface area contributed by atoms with Crippen LogP contribution in [-0.2, 0) is 17.4 Å². The number of nitrogens with one attached hydrogen (secondary N) is 1. The third-order valence-electron chi connectivity index (χ3n) is 7.91. The number of rotatable bonds is 7. The molecule has 3 aromatic carbocycles. The summed E-state index contributed by atoms with van der Waals surface area (Å²) in [6.45, 7) is 12.0. The van der Waals surface area contributed by atoms with Crippen molar-refractivity contribution >= 4 is 11.6 Å². The first-order valence-corrected chi connectivity index (χ1v) is 14.1. The molecule has 4 rings (SSSR count). The number of aliphatic hydroxyl groups is 1.